The second-order valence-corrected chi connectivity index (χ2v) is 8.62. The molecule has 0 amide bonds. The topological polar surface area (TPSA) is 29.1 Å². The van der Waals surface area contributed by atoms with Crippen LogP contribution in [0.2, 0.25) is 5.02 Å². The van der Waals surface area contributed by atoms with Crippen LogP contribution in [-0.2, 0) is 0 Å². The van der Waals surface area contributed by atoms with Crippen LogP contribution < -0.4 is 5.32 Å². The van der Waals surface area contributed by atoms with Gasteiger partial charge in [0.2, 0.25) is 0 Å². The van der Waals surface area contributed by atoms with Crippen LogP contribution >= 0.6 is 11.6 Å². The molecule has 0 radical (unpaired) electrons. The maximum absolute atomic E-state index is 13.3. The summed E-state index contributed by atoms with van der Waals surface area (Å²) in [7, 11) is 0. The number of allylic oxidation sites excluding steroid dienone is 4. The first-order valence-corrected chi connectivity index (χ1v) is 10.6. The fourth-order valence-corrected chi connectivity index (χ4v) is 5.46. The van der Waals surface area contributed by atoms with E-state index in [4.69, 9.17) is 11.6 Å². The number of anilines is 1. The van der Waals surface area contributed by atoms with Crippen LogP contribution in [0.1, 0.15) is 53.1 Å². The average Bonchev–Trinajstić information content (AvgIpc) is 3.24. The number of hydrogen-bond donors (Lipinski definition) is 1. The van der Waals surface area contributed by atoms with E-state index in [9.17, 15) is 4.79 Å². The van der Waals surface area contributed by atoms with E-state index >= 15 is 0 Å². The molecule has 1 N–H and O–H groups in total. The van der Waals surface area contributed by atoms with Gasteiger partial charge in [0.05, 0.1) is 0 Å². The molecule has 0 saturated heterocycles. The largest absolute Gasteiger partial charge is 0.381 e. The van der Waals surface area contributed by atoms with Crippen LogP contribution in [0.15, 0.2) is 66.8 Å². The molecule has 3 heteroatoms. The van der Waals surface area contributed by atoms with E-state index in [1.54, 1.807) is 0 Å². The van der Waals surface area contributed by atoms with Crippen molar-refractivity contribution in [2.75, 3.05) is 5.32 Å². The zero-order chi connectivity index (χ0) is 19.1. The van der Waals surface area contributed by atoms with Gasteiger partial charge in [-0.25, -0.2) is 0 Å². The molecule has 0 bridgehead atoms. The lowest BCUT2D eigenvalue weighted by Crippen LogP contribution is -2.42. The van der Waals surface area contributed by atoms with Crippen LogP contribution in [0.4, 0.5) is 5.69 Å². The molecule has 2 aromatic rings. The normalized spacial score (nSPS) is 27.8. The summed E-state index contributed by atoms with van der Waals surface area (Å²) >= 11 is 6.48. The summed E-state index contributed by atoms with van der Waals surface area (Å²) in [6.07, 6.45) is 13.8. The van der Waals surface area contributed by atoms with Crippen LogP contribution in [0, 0.1) is 11.8 Å². The Morgan fingerprint density at radius 1 is 1.04 bits per heavy atom. The number of carbonyl (C=O) groups is 1. The first-order chi connectivity index (χ1) is 13.7. The number of fused-ring (bicyclic) bond motifs is 3. The molecule has 1 heterocycles. The first kappa shape index (κ1) is 17.8. The quantitative estimate of drug-likeness (QED) is 0.487. The highest BCUT2D eigenvalue weighted by atomic mass is 35.5. The minimum absolute atomic E-state index is 0.0366. The summed E-state index contributed by atoms with van der Waals surface area (Å²) in [5.41, 5.74) is 3.57. The predicted octanol–water partition coefficient (Wildman–Crippen LogP) is 6.38. The van der Waals surface area contributed by atoms with Gasteiger partial charge in [0.15, 0.2) is 5.78 Å². The average molecular weight is 390 g/mol. The van der Waals surface area contributed by atoms with Crippen LogP contribution in [0.3, 0.4) is 0 Å². The van der Waals surface area contributed by atoms with Crippen molar-refractivity contribution in [3.63, 3.8) is 0 Å². The molecule has 2 nitrogen and oxygen atoms in total. The van der Waals surface area contributed by atoms with Gasteiger partial charge in [-0.2, -0.15) is 0 Å². The molecule has 5 rings (SSSR count). The van der Waals surface area contributed by atoms with Gasteiger partial charge in [0.1, 0.15) is 0 Å². The van der Waals surface area contributed by atoms with E-state index in [0.717, 1.165) is 24.9 Å². The molecule has 28 heavy (non-hydrogen) atoms. The Hall–Kier alpha value is -2.32. The molecule has 142 valence electrons. The van der Waals surface area contributed by atoms with Crippen molar-refractivity contribution in [2.24, 2.45) is 11.8 Å². The van der Waals surface area contributed by atoms with E-state index in [0.29, 0.717) is 39.9 Å². The Balaban J connectivity index is 1.60. The standard InChI is InChI=1S/C25H24ClNO/c26-18-14-21-19-12-7-13-20(19)23(16-8-3-1-4-9-16)27-24(21)22(15-18)25(28)17-10-5-2-6-11-17/h1-3,5-7,10-12,14-16,19-20,23,27H,4,8-9,13H2/t16-,19-,20-,23-/m0/s1. The lowest BCUT2D eigenvalue weighted by Gasteiger charge is -2.42. The molecule has 0 spiro atoms. The van der Waals surface area contributed by atoms with Crippen molar-refractivity contribution in [3.05, 3.63) is 88.5 Å². The SMILES string of the molecule is O=C(c1ccccc1)c1cc(Cl)cc2c1N[C@@H]([C@H]1CC=CCC1)[C@H]1CC=C[C@H]21. The number of halogens is 1. The second kappa shape index (κ2) is 7.25. The summed E-state index contributed by atoms with van der Waals surface area (Å²) in [6.45, 7) is 0. The third kappa shape index (κ3) is 3.00. The van der Waals surface area contributed by atoms with Gasteiger partial charge in [-0.15, -0.1) is 0 Å². The Labute approximate surface area is 171 Å². The Bertz CT molecular complexity index is 962. The second-order valence-electron chi connectivity index (χ2n) is 8.18. The van der Waals surface area contributed by atoms with Crippen molar-refractivity contribution < 1.29 is 4.79 Å². The number of carbonyl (C=O) groups excluding carboxylic acids is 1. The summed E-state index contributed by atoms with van der Waals surface area (Å²) in [4.78, 5) is 13.3. The molecule has 2 aromatic carbocycles. The highest BCUT2D eigenvalue weighted by molar-refractivity contribution is 6.31. The van der Waals surface area contributed by atoms with Crippen molar-refractivity contribution in [1.29, 1.82) is 0 Å². The van der Waals surface area contributed by atoms with Crippen LogP contribution in [0.25, 0.3) is 0 Å². The molecule has 2 aliphatic carbocycles. The minimum atomic E-state index is 0.0366. The molecule has 0 aromatic heterocycles. The van der Waals surface area contributed by atoms with E-state index in [2.05, 4.69) is 35.7 Å². The fourth-order valence-electron chi connectivity index (χ4n) is 5.24. The van der Waals surface area contributed by atoms with Crippen molar-refractivity contribution >= 4 is 23.1 Å². The number of nitrogens with one attached hydrogen (secondary N) is 1. The Morgan fingerprint density at radius 2 is 1.89 bits per heavy atom. The van der Waals surface area contributed by atoms with Gasteiger partial charge < -0.3 is 5.32 Å². The maximum Gasteiger partial charge on any atom is 0.195 e. The smallest absolute Gasteiger partial charge is 0.195 e. The summed E-state index contributed by atoms with van der Waals surface area (Å²) in [6, 6.07) is 13.8. The molecular weight excluding hydrogens is 366 g/mol. The number of hydrogen-bond acceptors (Lipinski definition) is 2. The number of benzene rings is 2. The van der Waals surface area contributed by atoms with Gasteiger partial charge in [0, 0.05) is 33.8 Å². The third-order valence-electron chi connectivity index (χ3n) is 6.58. The van der Waals surface area contributed by atoms with E-state index < -0.39 is 0 Å². The molecule has 4 atom stereocenters. The van der Waals surface area contributed by atoms with Crippen LogP contribution in [-0.4, -0.2) is 11.8 Å². The molecule has 0 fully saturated rings. The van der Waals surface area contributed by atoms with E-state index in [-0.39, 0.29) is 5.78 Å². The molecule has 0 saturated carbocycles. The minimum Gasteiger partial charge on any atom is -0.381 e. The van der Waals surface area contributed by atoms with Crippen LogP contribution in [0.5, 0.6) is 0 Å². The number of ketones is 1. The van der Waals surface area contributed by atoms with Gasteiger partial charge in [-0.05, 0) is 55.2 Å². The lowest BCUT2D eigenvalue weighted by atomic mass is 9.71. The Morgan fingerprint density at radius 3 is 2.68 bits per heavy atom. The maximum atomic E-state index is 13.3. The molecule has 0 unspecified atom stereocenters. The Kier molecular flexibility index (Phi) is 4.60. The van der Waals surface area contributed by atoms with E-state index in [1.807, 2.05) is 36.4 Å². The zero-order valence-electron chi connectivity index (χ0n) is 15.8. The fraction of sp³-hybridized carbons (Fsp3) is 0.320. The van der Waals surface area contributed by atoms with Gasteiger partial charge in [-0.1, -0.05) is 66.2 Å². The third-order valence-corrected chi connectivity index (χ3v) is 6.79. The van der Waals surface area contributed by atoms with Crippen molar-refractivity contribution in [1.82, 2.24) is 0 Å². The van der Waals surface area contributed by atoms with Gasteiger partial charge in [0.25, 0.3) is 0 Å². The van der Waals surface area contributed by atoms with Crippen molar-refractivity contribution in [2.45, 2.75) is 37.6 Å². The molecular formula is C25H24ClNO. The predicted molar refractivity (Wildman–Crippen MR) is 115 cm³/mol. The lowest BCUT2D eigenvalue weighted by molar-refractivity contribution is 0.103. The van der Waals surface area contributed by atoms with Crippen molar-refractivity contribution in [3.8, 4) is 0 Å². The molecule has 1 aliphatic heterocycles. The first-order valence-electron chi connectivity index (χ1n) is 10.2. The highest BCUT2D eigenvalue weighted by Crippen LogP contribution is 2.49. The number of rotatable bonds is 3. The summed E-state index contributed by atoms with van der Waals surface area (Å²) in [5.74, 6) is 1.53. The van der Waals surface area contributed by atoms with Gasteiger partial charge in [-0.3, -0.25) is 4.79 Å². The van der Waals surface area contributed by atoms with Gasteiger partial charge >= 0.3 is 0 Å². The van der Waals surface area contributed by atoms with E-state index in [1.165, 1.54) is 12.0 Å². The molecule has 3 aliphatic rings. The zero-order valence-corrected chi connectivity index (χ0v) is 16.5. The monoisotopic (exact) mass is 389 g/mol. The highest BCUT2D eigenvalue weighted by Gasteiger charge is 2.42. The summed E-state index contributed by atoms with van der Waals surface area (Å²) in [5, 5.41) is 4.47. The summed E-state index contributed by atoms with van der Waals surface area (Å²) < 4.78 is 0.